The summed E-state index contributed by atoms with van der Waals surface area (Å²) >= 11 is 1.60. The largest absolute Gasteiger partial charge is 0.350 e. The van der Waals surface area contributed by atoms with Crippen molar-refractivity contribution in [3.05, 3.63) is 35.7 Å². The number of rotatable bonds is 5. The van der Waals surface area contributed by atoms with E-state index in [0.717, 1.165) is 16.6 Å². The van der Waals surface area contributed by atoms with Gasteiger partial charge in [0.15, 0.2) is 5.16 Å². The molecule has 0 radical (unpaired) electrons. The molecule has 0 atom stereocenters. The maximum Gasteiger partial charge on any atom is 0.270 e. The van der Waals surface area contributed by atoms with Gasteiger partial charge in [-0.2, -0.15) is 0 Å². The topological polar surface area (TPSA) is 72.7 Å². The fraction of sp³-hybridized carbons (Fsp3) is 0.385. The van der Waals surface area contributed by atoms with Crippen LogP contribution in [0, 0.1) is 13.8 Å². The van der Waals surface area contributed by atoms with Crippen molar-refractivity contribution < 1.29 is 4.79 Å². The van der Waals surface area contributed by atoms with E-state index in [0.29, 0.717) is 18.1 Å². The average molecular weight is 291 g/mol. The predicted octanol–water partition coefficient (Wildman–Crippen LogP) is 1.35. The number of hydrogen-bond donors (Lipinski definition) is 1. The van der Waals surface area contributed by atoms with Crippen molar-refractivity contribution in [2.45, 2.75) is 19.0 Å². The van der Waals surface area contributed by atoms with Crippen LogP contribution >= 0.6 is 11.8 Å². The van der Waals surface area contributed by atoms with Crippen LogP contribution in [-0.4, -0.2) is 37.7 Å². The number of nitrogens with zero attached hydrogens (tertiary/aromatic N) is 4. The molecule has 0 fully saturated rings. The quantitative estimate of drug-likeness (QED) is 0.665. The van der Waals surface area contributed by atoms with E-state index in [9.17, 15) is 4.79 Å². The fourth-order valence-corrected chi connectivity index (χ4v) is 2.51. The summed E-state index contributed by atoms with van der Waals surface area (Å²) in [4.78, 5) is 24.4. The highest BCUT2D eigenvalue weighted by Crippen LogP contribution is 2.13. The molecule has 0 aliphatic heterocycles. The first-order chi connectivity index (χ1) is 9.56. The summed E-state index contributed by atoms with van der Waals surface area (Å²) in [6.07, 6.45) is 3.65. The Morgan fingerprint density at radius 3 is 2.85 bits per heavy atom. The van der Waals surface area contributed by atoms with E-state index in [1.807, 2.05) is 24.7 Å². The zero-order chi connectivity index (χ0) is 14.5. The third kappa shape index (κ3) is 3.80. The van der Waals surface area contributed by atoms with E-state index >= 15 is 0 Å². The Morgan fingerprint density at radius 1 is 1.40 bits per heavy atom. The maximum atomic E-state index is 11.9. The van der Waals surface area contributed by atoms with Crippen molar-refractivity contribution in [2.24, 2.45) is 7.05 Å². The maximum absolute atomic E-state index is 11.9. The van der Waals surface area contributed by atoms with Crippen LogP contribution in [0.1, 0.15) is 22.0 Å². The average Bonchev–Trinajstić information content (AvgIpc) is 2.79. The molecule has 106 valence electrons. The first-order valence-corrected chi connectivity index (χ1v) is 7.25. The number of nitrogens with one attached hydrogen (secondary N) is 1. The lowest BCUT2D eigenvalue weighted by molar-refractivity contribution is 0.0950. The van der Waals surface area contributed by atoms with Gasteiger partial charge in [0.25, 0.3) is 5.91 Å². The molecule has 2 aromatic rings. The molecule has 0 spiro atoms. The minimum absolute atomic E-state index is 0.168. The number of carbonyl (C=O) groups is 1. The van der Waals surface area contributed by atoms with Crippen molar-refractivity contribution >= 4 is 17.7 Å². The van der Waals surface area contributed by atoms with Gasteiger partial charge in [-0.15, -0.1) is 0 Å². The Morgan fingerprint density at radius 2 is 2.20 bits per heavy atom. The van der Waals surface area contributed by atoms with Gasteiger partial charge in [-0.1, -0.05) is 11.8 Å². The van der Waals surface area contributed by atoms with E-state index in [2.05, 4.69) is 20.3 Å². The third-order valence-electron chi connectivity index (χ3n) is 2.59. The fourth-order valence-electron chi connectivity index (χ4n) is 1.72. The van der Waals surface area contributed by atoms with E-state index in [4.69, 9.17) is 0 Å². The monoisotopic (exact) mass is 291 g/mol. The number of hydrogen-bond acceptors (Lipinski definition) is 5. The van der Waals surface area contributed by atoms with E-state index in [-0.39, 0.29) is 5.91 Å². The van der Waals surface area contributed by atoms with Crippen LogP contribution in [0.2, 0.25) is 0 Å². The predicted molar refractivity (Wildman–Crippen MR) is 77.8 cm³/mol. The van der Waals surface area contributed by atoms with Crippen LogP contribution in [0.3, 0.4) is 0 Å². The molecular weight excluding hydrogens is 274 g/mol. The van der Waals surface area contributed by atoms with Crippen molar-refractivity contribution in [3.8, 4) is 0 Å². The number of aromatic nitrogens is 4. The molecule has 1 N–H and O–H groups in total. The molecule has 7 heteroatoms. The molecule has 0 unspecified atom stereocenters. The number of amides is 1. The van der Waals surface area contributed by atoms with E-state index in [1.54, 1.807) is 30.9 Å². The molecule has 0 aromatic carbocycles. The summed E-state index contributed by atoms with van der Waals surface area (Å²) < 4.78 is 1.95. The van der Waals surface area contributed by atoms with Crippen molar-refractivity contribution in [1.82, 2.24) is 24.8 Å². The second kappa shape index (κ2) is 6.51. The molecule has 0 aliphatic carbocycles. The molecule has 0 saturated carbocycles. The highest BCUT2D eigenvalue weighted by Gasteiger charge is 2.08. The Hall–Kier alpha value is -1.89. The Bertz CT molecular complexity index is 590. The summed E-state index contributed by atoms with van der Waals surface area (Å²) in [6, 6.07) is 1.69. The highest BCUT2D eigenvalue weighted by atomic mass is 32.2. The van der Waals surface area contributed by atoms with Crippen LogP contribution < -0.4 is 5.32 Å². The number of imidazole rings is 1. The molecule has 0 aliphatic rings. The van der Waals surface area contributed by atoms with Gasteiger partial charge in [-0.3, -0.25) is 4.79 Å². The van der Waals surface area contributed by atoms with E-state index < -0.39 is 0 Å². The summed E-state index contributed by atoms with van der Waals surface area (Å²) in [7, 11) is 1.94. The second-order valence-electron chi connectivity index (χ2n) is 4.37. The summed E-state index contributed by atoms with van der Waals surface area (Å²) in [5, 5.41) is 3.79. The van der Waals surface area contributed by atoms with Crippen LogP contribution in [0.5, 0.6) is 0 Å². The van der Waals surface area contributed by atoms with Gasteiger partial charge in [0.1, 0.15) is 11.5 Å². The Kier molecular flexibility index (Phi) is 4.73. The summed E-state index contributed by atoms with van der Waals surface area (Å²) in [5.41, 5.74) is 1.21. The molecule has 2 aromatic heterocycles. The van der Waals surface area contributed by atoms with Gasteiger partial charge in [0.05, 0.1) is 0 Å². The molecule has 2 rings (SSSR count). The van der Waals surface area contributed by atoms with Gasteiger partial charge in [0, 0.05) is 37.4 Å². The zero-order valence-electron chi connectivity index (χ0n) is 11.8. The molecule has 20 heavy (non-hydrogen) atoms. The van der Waals surface area contributed by atoms with Crippen LogP contribution in [0.4, 0.5) is 0 Å². The second-order valence-corrected chi connectivity index (χ2v) is 5.43. The standard InChI is InChI=1S/C13H17N5OS/c1-9-8-11(17-10(2)16-9)12(19)14-5-7-20-13-15-4-6-18(13)3/h4,6,8H,5,7H2,1-3H3,(H,14,19). The highest BCUT2D eigenvalue weighted by molar-refractivity contribution is 7.99. The van der Waals surface area contributed by atoms with Gasteiger partial charge in [-0.05, 0) is 19.9 Å². The van der Waals surface area contributed by atoms with Crippen molar-refractivity contribution in [3.63, 3.8) is 0 Å². The Labute approximate surface area is 122 Å². The molecule has 1 amide bonds. The van der Waals surface area contributed by atoms with E-state index in [1.165, 1.54) is 0 Å². The first kappa shape index (κ1) is 14.5. The van der Waals surface area contributed by atoms with Crippen molar-refractivity contribution in [2.75, 3.05) is 12.3 Å². The van der Waals surface area contributed by atoms with Gasteiger partial charge < -0.3 is 9.88 Å². The minimum Gasteiger partial charge on any atom is -0.350 e. The minimum atomic E-state index is -0.168. The summed E-state index contributed by atoms with van der Waals surface area (Å²) in [5.74, 6) is 1.20. The zero-order valence-corrected chi connectivity index (χ0v) is 12.6. The number of thioether (sulfide) groups is 1. The molecule has 0 bridgehead atoms. The van der Waals surface area contributed by atoms with Crippen molar-refractivity contribution in [1.29, 1.82) is 0 Å². The molecule has 2 heterocycles. The van der Waals surface area contributed by atoms with Crippen LogP contribution in [0.15, 0.2) is 23.6 Å². The number of carbonyl (C=O) groups excluding carboxylic acids is 1. The Balaban J connectivity index is 1.82. The lowest BCUT2D eigenvalue weighted by Gasteiger charge is -2.06. The molecule has 6 nitrogen and oxygen atoms in total. The van der Waals surface area contributed by atoms with Gasteiger partial charge in [-0.25, -0.2) is 15.0 Å². The normalized spacial score (nSPS) is 10.6. The molecular formula is C13H17N5OS. The SMILES string of the molecule is Cc1cc(C(=O)NCCSc2nccn2C)nc(C)n1. The summed E-state index contributed by atoms with van der Waals surface area (Å²) in [6.45, 7) is 4.20. The first-order valence-electron chi connectivity index (χ1n) is 6.27. The lowest BCUT2D eigenvalue weighted by Crippen LogP contribution is -2.27. The van der Waals surface area contributed by atoms with Gasteiger partial charge in [0.2, 0.25) is 0 Å². The lowest BCUT2D eigenvalue weighted by atomic mass is 10.3. The van der Waals surface area contributed by atoms with Crippen LogP contribution in [0.25, 0.3) is 0 Å². The number of aryl methyl sites for hydroxylation is 3. The van der Waals surface area contributed by atoms with Crippen LogP contribution in [-0.2, 0) is 7.05 Å². The molecule has 0 saturated heterocycles. The van der Waals surface area contributed by atoms with Gasteiger partial charge >= 0.3 is 0 Å². The third-order valence-corrected chi connectivity index (χ3v) is 3.65. The smallest absolute Gasteiger partial charge is 0.270 e.